The van der Waals surface area contributed by atoms with Gasteiger partial charge in [-0.3, -0.25) is 0 Å². The Labute approximate surface area is 119 Å². The van der Waals surface area contributed by atoms with E-state index in [9.17, 15) is 8.42 Å². The molecular formula is C10H9ClN2O4S2. The molecule has 0 bridgehead atoms. The third kappa shape index (κ3) is 3.62. The fraction of sp³-hybridized carbons (Fsp3) is 0.200. The number of thioether (sulfide) groups is 1. The molecule has 0 N–H and O–H groups in total. The topological polar surface area (TPSA) is 82.3 Å². The van der Waals surface area contributed by atoms with Crippen LogP contribution in [-0.2, 0) is 10.1 Å². The van der Waals surface area contributed by atoms with Crippen LogP contribution in [0.2, 0.25) is 5.02 Å². The number of halogens is 1. The van der Waals surface area contributed by atoms with E-state index < -0.39 is 16.2 Å². The van der Waals surface area contributed by atoms with Gasteiger partial charge >= 0.3 is 16.2 Å². The summed E-state index contributed by atoms with van der Waals surface area (Å²) in [6, 6.07) is 5.55. The molecule has 0 aliphatic rings. The minimum absolute atomic E-state index is 0.0419. The second-order valence-corrected chi connectivity index (χ2v) is 6.46. The fourth-order valence-corrected chi connectivity index (χ4v) is 2.58. The lowest BCUT2D eigenvalue weighted by atomic mass is 10.4. The molecule has 0 radical (unpaired) electrons. The zero-order valence-electron chi connectivity index (χ0n) is 9.74. The predicted octanol–water partition coefficient (Wildman–Crippen LogP) is 2.60. The molecule has 0 spiro atoms. The summed E-state index contributed by atoms with van der Waals surface area (Å²) in [5.41, 5.74) is 0. The SMILES string of the molecule is CCSc1nnc(OS(=O)(=O)c2ccc(Cl)cc2)o1. The highest BCUT2D eigenvalue weighted by molar-refractivity contribution is 7.99. The molecule has 1 aromatic heterocycles. The first kappa shape index (κ1) is 14.2. The van der Waals surface area contributed by atoms with Gasteiger partial charge in [0.1, 0.15) is 4.90 Å². The molecule has 2 aromatic rings. The number of nitrogens with zero attached hydrogens (tertiary/aromatic N) is 2. The maximum absolute atomic E-state index is 11.9. The fourth-order valence-electron chi connectivity index (χ4n) is 1.16. The van der Waals surface area contributed by atoms with Crippen LogP contribution in [0.25, 0.3) is 0 Å². The van der Waals surface area contributed by atoms with E-state index in [4.69, 9.17) is 20.2 Å². The van der Waals surface area contributed by atoms with Crippen LogP contribution < -0.4 is 4.18 Å². The highest BCUT2D eigenvalue weighted by atomic mass is 35.5. The normalized spacial score (nSPS) is 11.5. The molecule has 2 rings (SSSR count). The molecule has 102 valence electrons. The van der Waals surface area contributed by atoms with E-state index in [1.807, 2.05) is 6.92 Å². The van der Waals surface area contributed by atoms with Crippen LogP contribution in [0.5, 0.6) is 6.08 Å². The minimum atomic E-state index is -4.00. The second kappa shape index (κ2) is 5.81. The van der Waals surface area contributed by atoms with Crippen LogP contribution in [0, 0.1) is 0 Å². The Hall–Kier alpha value is -1.25. The summed E-state index contributed by atoms with van der Waals surface area (Å²) in [5, 5.41) is 7.81. The Morgan fingerprint density at radius 1 is 1.32 bits per heavy atom. The van der Waals surface area contributed by atoms with E-state index in [0.717, 1.165) is 5.75 Å². The number of rotatable bonds is 5. The Morgan fingerprint density at radius 2 is 2.00 bits per heavy atom. The number of hydrogen-bond acceptors (Lipinski definition) is 7. The van der Waals surface area contributed by atoms with Crippen molar-refractivity contribution in [3.8, 4) is 6.08 Å². The van der Waals surface area contributed by atoms with Gasteiger partial charge in [0.2, 0.25) is 0 Å². The van der Waals surface area contributed by atoms with Gasteiger partial charge in [-0.05, 0) is 30.0 Å². The summed E-state index contributed by atoms with van der Waals surface area (Å²) >= 11 is 6.97. The summed E-state index contributed by atoms with van der Waals surface area (Å²) in [4.78, 5) is -0.0419. The maximum atomic E-state index is 11.9. The standard InChI is InChI=1S/C10H9ClN2O4S2/c1-2-18-10-13-12-9(16-10)17-19(14,15)8-5-3-7(11)4-6-8/h3-6H,2H2,1H3. The van der Waals surface area contributed by atoms with E-state index in [1.54, 1.807) is 0 Å². The predicted molar refractivity (Wildman–Crippen MR) is 70.0 cm³/mol. The first-order valence-corrected chi connectivity index (χ1v) is 7.95. The van der Waals surface area contributed by atoms with Crippen LogP contribution >= 0.6 is 23.4 Å². The molecule has 0 amide bonds. The molecule has 1 heterocycles. The molecule has 0 saturated heterocycles. The average molecular weight is 321 g/mol. The van der Waals surface area contributed by atoms with Crippen molar-refractivity contribution in [1.82, 2.24) is 10.2 Å². The van der Waals surface area contributed by atoms with E-state index >= 15 is 0 Å². The lowest BCUT2D eigenvalue weighted by Gasteiger charge is -2.02. The van der Waals surface area contributed by atoms with Gasteiger partial charge in [-0.15, -0.1) is 0 Å². The Kier molecular flexibility index (Phi) is 4.33. The first-order valence-electron chi connectivity index (χ1n) is 5.17. The number of hydrogen-bond donors (Lipinski definition) is 0. The summed E-state index contributed by atoms with van der Waals surface area (Å²) in [6.45, 7) is 1.90. The molecule has 0 unspecified atom stereocenters. The third-order valence-corrected chi connectivity index (χ3v) is 4.10. The second-order valence-electron chi connectivity index (χ2n) is 3.26. The van der Waals surface area contributed by atoms with Crippen LogP contribution in [0.4, 0.5) is 0 Å². The van der Waals surface area contributed by atoms with Crippen molar-refractivity contribution >= 4 is 33.5 Å². The Morgan fingerprint density at radius 3 is 2.63 bits per heavy atom. The first-order chi connectivity index (χ1) is 9.01. The largest absolute Gasteiger partial charge is 0.431 e. The van der Waals surface area contributed by atoms with Gasteiger partial charge in [0.05, 0.1) is 0 Å². The minimum Gasteiger partial charge on any atom is -0.382 e. The van der Waals surface area contributed by atoms with Gasteiger partial charge < -0.3 is 8.60 Å². The van der Waals surface area contributed by atoms with Crippen LogP contribution in [0.15, 0.2) is 38.8 Å². The van der Waals surface area contributed by atoms with Crippen LogP contribution in [-0.4, -0.2) is 24.4 Å². The van der Waals surface area contributed by atoms with Crippen molar-refractivity contribution in [2.75, 3.05) is 5.75 Å². The van der Waals surface area contributed by atoms with E-state index in [0.29, 0.717) is 5.02 Å². The highest BCUT2D eigenvalue weighted by Gasteiger charge is 2.20. The molecule has 1 aromatic carbocycles. The van der Waals surface area contributed by atoms with Crippen molar-refractivity contribution in [1.29, 1.82) is 0 Å². The monoisotopic (exact) mass is 320 g/mol. The molecule has 6 nitrogen and oxygen atoms in total. The zero-order chi connectivity index (χ0) is 13.9. The average Bonchev–Trinajstić information content (AvgIpc) is 2.77. The van der Waals surface area contributed by atoms with Gasteiger partial charge in [0.25, 0.3) is 5.22 Å². The van der Waals surface area contributed by atoms with Gasteiger partial charge in [0, 0.05) is 5.02 Å². The molecule has 0 aliphatic heterocycles. The van der Waals surface area contributed by atoms with E-state index in [-0.39, 0.29) is 10.1 Å². The van der Waals surface area contributed by atoms with Gasteiger partial charge in [-0.25, -0.2) is 0 Å². The zero-order valence-corrected chi connectivity index (χ0v) is 12.1. The Balaban J connectivity index is 2.18. The van der Waals surface area contributed by atoms with E-state index in [1.165, 1.54) is 36.0 Å². The van der Waals surface area contributed by atoms with E-state index in [2.05, 4.69) is 10.2 Å². The van der Waals surface area contributed by atoms with Crippen molar-refractivity contribution in [2.45, 2.75) is 17.0 Å². The molecular weight excluding hydrogens is 312 g/mol. The third-order valence-electron chi connectivity index (χ3n) is 1.94. The van der Waals surface area contributed by atoms with Crippen molar-refractivity contribution < 1.29 is 17.0 Å². The highest BCUT2D eigenvalue weighted by Crippen LogP contribution is 2.22. The Bertz CT molecular complexity index is 654. The van der Waals surface area contributed by atoms with Crippen LogP contribution in [0.1, 0.15) is 6.92 Å². The molecule has 0 saturated carbocycles. The van der Waals surface area contributed by atoms with Crippen molar-refractivity contribution in [3.05, 3.63) is 29.3 Å². The molecule has 0 fully saturated rings. The lowest BCUT2D eigenvalue weighted by Crippen LogP contribution is -2.09. The smallest absolute Gasteiger partial charge is 0.382 e. The van der Waals surface area contributed by atoms with Crippen molar-refractivity contribution in [2.24, 2.45) is 0 Å². The number of benzene rings is 1. The molecule has 0 atom stereocenters. The molecule has 9 heteroatoms. The number of aromatic nitrogens is 2. The summed E-state index contributed by atoms with van der Waals surface area (Å²) < 4.78 is 33.5. The van der Waals surface area contributed by atoms with Gasteiger partial charge in [-0.2, -0.15) is 8.42 Å². The maximum Gasteiger partial charge on any atom is 0.431 e. The van der Waals surface area contributed by atoms with Crippen LogP contribution in [0.3, 0.4) is 0 Å². The van der Waals surface area contributed by atoms with Gasteiger partial charge in [-0.1, -0.05) is 40.5 Å². The van der Waals surface area contributed by atoms with Crippen molar-refractivity contribution in [3.63, 3.8) is 0 Å². The summed E-state index contributed by atoms with van der Waals surface area (Å²) in [5.74, 6) is 0.728. The summed E-state index contributed by atoms with van der Waals surface area (Å²) in [6.07, 6.45) is -0.411. The quantitative estimate of drug-likeness (QED) is 0.618. The van der Waals surface area contributed by atoms with Gasteiger partial charge in [0.15, 0.2) is 0 Å². The lowest BCUT2D eigenvalue weighted by molar-refractivity contribution is 0.333. The summed E-state index contributed by atoms with van der Waals surface area (Å²) in [7, 11) is -4.00. The molecule has 19 heavy (non-hydrogen) atoms. The molecule has 0 aliphatic carbocycles.